The van der Waals surface area contributed by atoms with Crippen molar-refractivity contribution in [3.05, 3.63) is 47.5 Å². The van der Waals surface area contributed by atoms with E-state index < -0.39 is 11.5 Å². The zero-order valence-corrected chi connectivity index (χ0v) is 20.3. The number of nitrogens with one attached hydrogen (secondary N) is 1. The molecule has 2 fully saturated rings. The molecular weight excluding hydrogens is 414 g/mol. The second-order valence-corrected chi connectivity index (χ2v) is 11.9. The molecule has 2 saturated carbocycles. The maximum absolute atomic E-state index is 13.5. The molecule has 1 unspecified atom stereocenters. The molecule has 0 spiro atoms. The molecule has 4 aliphatic carbocycles. The number of aliphatic carboxylic acids is 1. The number of fused-ring (bicyclic) bond motifs is 5. The van der Waals surface area contributed by atoms with E-state index in [4.69, 9.17) is 4.42 Å². The predicted octanol–water partition coefficient (Wildman–Crippen LogP) is 5.83. The Bertz CT molecular complexity index is 1020. The average Bonchev–Trinajstić information content (AvgIpc) is 3.41. The average molecular weight is 452 g/mol. The molecule has 0 saturated heterocycles. The van der Waals surface area contributed by atoms with E-state index in [1.54, 1.807) is 6.26 Å². The van der Waals surface area contributed by atoms with E-state index in [0.29, 0.717) is 29.7 Å². The standard InChI is InChI=1S/C28H37NO4/c1-26(2,23-6-5-15-33-23)29-24(30)22-10-9-20-19-8-7-18-16-17(25(31)32)11-13-27(18,3)21(19)12-14-28(20,22)4/h5-7,15-16,19-22H,8-14H2,1-4H3,(H,29,30)(H,31,32)/t19-,20-,21-,22?,27-,28-/m0/s1. The van der Waals surface area contributed by atoms with Crippen molar-refractivity contribution in [2.45, 2.75) is 78.2 Å². The third-order valence-corrected chi connectivity index (χ3v) is 9.93. The smallest absolute Gasteiger partial charge is 0.331 e. The van der Waals surface area contributed by atoms with Crippen LogP contribution in [-0.2, 0) is 15.1 Å². The van der Waals surface area contributed by atoms with Crippen LogP contribution in [0.5, 0.6) is 0 Å². The summed E-state index contributed by atoms with van der Waals surface area (Å²) in [6.07, 6.45) is 12.7. The van der Waals surface area contributed by atoms with Gasteiger partial charge in [-0.2, -0.15) is 0 Å². The molecule has 1 heterocycles. The minimum absolute atomic E-state index is 0.0168. The summed E-state index contributed by atoms with van der Waals surface area (Å²) in [6, 6.07) is 3.79. The lowest BCUT2D eigenvalue weighted by Crippen LogP contribution is -2.52. The second kappa shape index (κ2) is 7.61. The normalized spacial score (nSPS) is 37.8. The van der Waals surface area contributed by atoms with Gasteiger partial charge in [-0.3, -0.25) is 4.79 Å². The summed E-state index contributed by atoms with van der Waals surface area (Å²) >= 11 is 0. The van der Waals surface area contributed by atoms with Crippen LogP contribution in [0.1, 0.15) is 78.4 Å². The molecule has 6 atom stereocenters. The number of amides is 1. The summed E-state index contributed by atoms with van der Waals surface area (Å²) in [5, 5.41) is 12.8. The first-order valence-corrected chi connectivity index (χ1v) is 12.6. The molecule has 178 valence electrons. The fourth-order valence-electron chi connectivity index (χ4n) is 8.02. The lowest BCUT2D eigenvalue weighted by atomic mass is 9.48. The first-order chi connectivity index (χ1) is 15.6. The second-order valence-electron chi connectivity index (χ2n) is 11.9. The van der Waals surface area contributed by atoms with E-state index in [9.17, 15) is 14.7 Å². The van der Waals surface area contributed by atoms with Crippen LogP contribution in [0, 0.1) is 34.5 Å². The summed E-state index contributed by atoms with van der Waals surface area (Å²) in [5.74, 6) is 1.88. The van der Waals surface area contributed by atoms with Crippen molar-refractivity contribution in [2.24, 2.45) is 34.5 Å². The van der Waals surface area contributed by atoms with Crippen LogP contribution in [0.15, 0.2) is 46.1 Å². The van der Waals surface area contributed by atoms with E-state index in [1.165, 1.54) is 5.57 Å². The topological polar surface area (TPSA) is 79.5 Å². The number of hydrogen-bond donors (Lipinski definition) is 2. The van der Waals surface area contributed by atoms with Gasteiger partial charge >= 0.3 is 5.97 Å². The molecule has 5 nitrogen and oxygen atoms in total. The van der Waals surface area contributed by atoms with E-state index >= 15 is 0 Å². The summed E-state index contributed by atoms with van der Waals surface area (Å²) in [5.41, 5.74) is 1.34. The van der Waals surface area contributed by atoms with Gasteiger partial charge in [0.2, 0.25) is 5.91 Å². The minimum Gasteiger partial charge on any atom is -0.478 e. The third kappa shape index (κ3) is 3.41. The van der Waals surface area contributed by atoms with Crippen LogP contribution in [0.4, 0.5) is 0 Å². The quantitative estimate of drug-likeness (QED) is 0.603. The van der Waals surface area contributed by atoms with Gasteiger partial charge in [0.15, 0.2) is 0 Å². The summed E-state index contributed by atoms with van der Waals surface area (Å²) in [4.78, 5) is 25.1. The highest BCUT2D eigenvalue weighted by Gasteiger charge is 2.59. The first-order valence-electron chi connectivity index (χ1n) is 12.6. The number of carbonyl (C=O) groups excluding carboxylic acids is 1. The molecule has 0 bridgehead atoms. The molecule has 0 aromatic carbocycles. The number of carboxylic acid groups (broad SMARTS) is 1. The number of hydrogen-bond acceptors (Lipinski definition) is 3. The van der Waals surface area contributed by atoms with Gasteiger partial charge in [-0.25, -0.2) is 4.79 Å². The number of carbonyl (C=O) groups is 2. The van der Waals surface area contributed by atoms with Crippen molar-refractivity contribution in [2.75, 3.05) is 0 Å². The number of allylic oxidation sites excluding steroid dienone is 3. The Hall–Kier alpha value is -2.30. The van der Waals surface area contributed by atoms with Crippen molar-refractivity contribution in [1.82, 2.24) is 5.32 Å². The van der Waals surface area contributed by atoms with E-state index in [0.717, 1.165) is 44.3 Å². The third-order valence-electron chi connectivity index (χ3n) is 9.93. The number of carboxylic acids is 1. The lowest BCUT2D eigenvalue weighted by molar-refractivity contribution is -0.133. The molecule has 1 aromatic rings. The Morgan fingerprint density at radius 3 is 2.64 bits per heavy atom. The predicted molar refractivity (Wildman–Crippen MR) is 126 cm³/mol. The van der Waals surface area contributed by atoms with Crippen LogP contribution in [0.2, 0.25) is 0 Å². The Labute approximate surface area is 196 Å². The largest absolute Gasteiger partial charge is 0.478 e. The Morgan fingerprint density at radius 1 is 1.15 bits per heavy atom. The zero-order chi connectivity index (χ0) is 23.6. The van der Waals surface area contributed by atoms with Crippen molar-refractivity contribution in [1.29, 1.82) is 0 Å². The van der Waals surface area contributed by atoms with Crippen LogP contribution < -0.4 is 5.32 Å². The number of rotatable bonds is 4. The van der Waals surface area contributed by atoms with Gasteiger partial charge in [0.25, 0.3) is 0 Å². The van der Waals surface area contributed by atoms with Gasteiger partial charge in [0, 0.05) is 11.5 Å². The van der Waals surface area contributed by atoms with E-state index in [2.05, 4.69) is 25.2 Å². The zero-order valence-electron chi connectivity index (χ0n) is 20.3. The molecule has 1 amide bonds. The van der Waals surface area contributed by atoms with Gasteiger partial charge in [-0.05, 0) is 111 Å². The molecule has 0 aliphatic heterocycles. The lowest BCUT2D eigenvalue weighted by Gasteiger charge is -2.57. The van der Waals surface area contributed by atoms with Crippen LogP contribution in [-0.4, -0.2) is 17.0 Å². The highest BCUT2D eigenvalue weighted by molar-refractivity contribution is 5.87. The maximum Gasteiger partial charge on any atom is 0.331 e. The van der Waals surface area contributed by atoms with Crippen molar-refractivity contribution >= 4 is 11.9 Å². The number of furan rings is 1. The van der Waals surface area contributed by atoms with Crippen molar-refractivity contribution in [3.63, 3.8) is 0 Å². The molecule has 5 rings (SSSR count). The van der Waals surface area contributed by atoms with E-state index in [-0.39, 0.29) is 22.7 Å². The van der Waals surface area contributed by atoms with Gasteiger partial charge in [0.05, 0.1) is 11.8 Å². The van der Waals surface area contributed by atoms with Gasteiger partial charge in [-0.1, -0.05) is 19.9 Å². The highest BCUT2D eigenvalue weighted by Crippen LogP contribution is 2.66. The van der Waals surface area contributed by atoms with Crippen molar-refractivity contribution in [3.8, 4) is 0 Å². The van der Waals surface area contributed by atoms with E-state index in [1.807, 2.05) is 32.1 Å². The van der Waals surface area contributed by atoms with Crippen LogP contribution in [0.3, 0.4) is 0 Å². The summed E-state index contributed by atoms with van der Waals surface area (Å²) in [6.45, 7) is 8.73. The van der Waals surface area contributed by atoms with Gasteiger partial charge in [-0.15, -0.1) is 0 Å². The molecule has 33 heavy (non-hydrogen) atoms. The summed E-state index contributed by atoms with van der Waals surface area (Å²) < 4.78 is 5.59. The first kappa shape index (κ1) is 22.5. The Balaban J connectivity index is 1.37. The SMILES string of the molecule is CC(C)(NC(=O)C1CC[C@H]2[C@@H]3CC=C4C=C(C(=O)O)CC[C@]4(C)[C@H]3CC[C@]12C)c1ccco1. The molecule has 2 N–H and O–H groups in total. The monoisotopic (exact) mass is 451 g/mol. The highest BCUT2D eigenvalue weighted by atomic mass is 16.4. The molecule has 1 aromatic heterocycles. The molecule has 0 radical (unpaired) electrons. The van der Waals surface area contributed by atoms with Gasteiger partial charge in [0.1, 0.15) is 5.76 Å². The van der Waals surface area contributed by atoms with Crippen LogP contribution >= 0.6 is 0 Å². The molecular formula is C28H37NO4. The van der Waals surface area contributed by atoms with Crippen molar-refractivity contribution < 1.29 is 19.1 Å². The molecule has 4 aliphatic rings. The fraction of sp³-hybridized carbons (Fsp3) is 0.643. The Kier molecular flexibility index (Phi) is 5.19. The van der Waals surface area contributed by atoms with Crippen LogP contribution in [0.25, 0.3) is 0 Å². The Morgan fingerprint density at radius 2 is 1.94 bits per heavy atom. The molecule has 5 heteroatoms. The minimum atomic E-state index is -0.779. The maximum atomic E-state index is 13.5. The fourth-order valence-corrected chi connectivity index (χ4v) is 8.02. The summed E-state index contributed by atoms with van der Waals surface area (Å²) in [7, 11) is 0. The van der Waals surface area contributed by atoms with Gasteiger partial charge < -0.3 is 14.8 Å².